The van der Waals surface area contributed by atoms with Crippen LogP contribution in [0.15, 0.2) is 53.0 Å². The number of thioether (sulfide) groups is 1. The van der Waals surface area contributed by atoms with E-state index in [1.165, 1.54) is 11.8 Å². The van der Waals surface area contributed by atoms with E-state index >= 15 is 0 Å². The summed E-state index contributed by atoms with van der Waals surface area (Å²) in [5, 5.41) is 4.87. The third-order valence-electron chi connectivity index (χ3n) is 2.01. The smallest absolute Gasteiger partial charge is 0.187 e. The molecule has 0 amide bonds. The summed E-state index contributed by atoms with van der Waals surface area (Å²) in [7, 11) is 0. The topological polar surface area (TPSA) is 50.2 Å². The first-order valence-electron chi connectivity index (χ1n) is 5.08. The van der Waals surface area contributed by atoms with Gasteiger partial charge in [-0.3, -0.25) is 5.43 Å². The Bertz CT molecular complexity index is 482. The molecule has 0 spiro atoms. The molecule has 86 valence electrons. The van der Waals surface area contributed by atoms with Crippen LogP contribution in [0.5, 0.6) is 0 Å². The highest BCUT2D eigenvalue weighted by molar-refractivity contribution is 7.98. The van der Waals surface area contributed by atoms with Crippen molar-refractivity contribution in [3.05, 3.63) is 48.3 Å². The molecular formula is C12H12N4S. The maximum absolute atomic E-state index is 4.16. The molecule has 2 aromatic rings. The van der Waals surface area contributed by atoms with Gasteiger partial charge < -0.3 is 0 Å². The van der Waals surface area contributed by atoms with Gasteiger partial charge in [-0.05, 0) is 18.4 Å². The molecule has 4 nitrogen and oxygen atoms in total. The van der Waals surface area contributed by atoms with Crippen LogP contribution >= 0.6 is 11.8 Å². The van der Waals surface area contributed by atoms with E-state index in [2.05, 4.69) is 20.5 Å². The second-order valence-corrected chi connectivity index (χ2v) is 4.01. The molecule has 0 fully saturated rings. The highest BCUT2D eigenvalue weighted by atomic mass is 32.2. The van der Waals surface area contributed by atoms with Crippen molar-refractivity contribution in [3.8, 4) is 0 Å². The lowest BCUT2D eigenvalue weighted by atomic mass is 10.3. The molecule has 0 unspecified atom stereocenters. The van der Waals surface area contributed by atoms with Crippen LogP contribution in [0, 0.1) is 0 Å². The summed E-state index contributed by atoms with van der Waals surface area (Å²) in [6.07, 6.45) is 7.13. The van der Waals surface area contributed by atoms with Crippen LogP contribution in [0.2, 0.25) is 0 Å². The summed E-state index contributed by atoms with van der Waals surface area (Å²) in [6, 6.07) is 9.77. The minimum Gasteiger partial charge on any atom is -0.279 e. The minimum absolute atomic E-state index is 0.762. The predicted molar refractivity (Wildman–Crippen MR) is 71.5 cm³/mol. The number of nitrogens with zero attached hydrogens (tertiary/aromatic N) is 3. The van der Waals surface area contributed by atoms with Crippen molar-refractivity contribution in [2.75, 3.05) is 11.7 Å². The van der Waals surface area contributed by atoms with Crippen LogP contribution in [0.1, 0.15) is 5.56 Å². The average Bonchev–Trinajstić information content (AvgIpc) is 2.41. The molecule has 0 aliphatic carbocycles. The van der Waals surface area contributed by atoms with Gasteiger partial charge in [-0.15, -0.1) is 0 Å². The highest BCUT2D eigenvalue weighted by Crippen LogP contribution is 2.06. The van der Waals surface area contributed by atoms with Crippen molar-refractivity contribution in [1.82, 2.24) is 9.97 Å². The molecule has 0 bridgehead atoms. The van der Waals surface area contributed by atoms with Crippen molar-refractivity contribution in [3.63, 3.8) is 0 Å². The number of nitrogens with one attached hydrogen (secondary N) is 1. The van der Waals surface area contributed by atoms with E-state index < -0.39 is 0 Å². The van der Waals surface area contributed by atoms with Crippen LogP contribution in [0.3, 0.4) is 0 Å². The number of hydrazone groups is 1. The van der Waals surface area contributed by atoms with Gasteiger partial charge >= 0.3 is 0 Å². The van der Waals surface area contributed by atoms with Gasteiger partial charge in [0, 0.05) is 18.0 Å². The number of anilines is 1. The van der Waals surface area contributed by atoms with Crippen molar-refractivity contribution in [1.29, 1.82) is 0 Å². The molecule has 1 heterocycles. The van der Waals surface area contributed by atoms with Crippen molar-refractivity contribution in [2.45, 2.75) is 5.16 Å². The van der Waals surface area contributed by atoms with Gasteiger partial charge in [0.05, 0.1) is 11.9 Å². The van der Waals surface area contributed by atoms with E-state index in [-0.39, 0.29) is 0 Å². The summed E-state index contributed by atoms with van der Waals surface area (Å²) in [5.41, 5.74) is 4.75. The van der Waals surface area contributed by atoms with Gasteiger partial charge in [0.25, 0.3) is 0 Å². The molecule has 0 atom stereocenters. The molecule has 0 aliphatic rings. The highest BCUT2D eigenvalue weighted by Gasteiger charge is 1.93. The second kappa shape index (κ2) is 6.00. The van der Waals surface area contributed by atoms with E-state index in [1.807, 2.05) is 36.6 Å². The summed E-state index contributed by atoms with van der Waals surface area (Å²) in [5.74, 6) is 0. The molecule has 0 radical (unpaired) electrons. The Morgan fingerprint density at radius 1 is 1.18 bits per heavy atom. The third-order valence-corrected chi connectivity index (χ3v) is 2.59. The molecule has 1 aromatic carbocycles. The van der Waals surface area contributed by atoms with E-state index in [0.29, 0.717) is 0 Å². The lowest BCUT2D eigenvalue weighted by molar-refractivity contribution is 0.967. The number of aromatic nitrogens is 2. The van der Waals surface area contributed by atoms with Crippen LogP contribution in [-0.4, -0.2) is 22.4 Å². The van der Waals surface area contributed by atoms with Gasteiger partial charge in [0.2, 0.25) is 0 Å². The Morgan fingerprint density at radius 3 is 2.53 bits per heavy atom. The van der Waals surface area contributed by atoms with Crippen LogP contribution < -0.4 is 5.43 Å². The zero-order valence-electron chi connectivity index (χ0n) is 9.37. The third kappa shape index (κ3) is 3.57. The molecule has 0 saturated heterocycles. The van der Waals surface area contributed by atoms with E-state index in [4.69, 9.17) is 0 Å². The van der Waals surface area contributed by atoms with Crippen molar-refractivity contribution < 1.29 is 0 Å². The van der Waals surface area contributed by atoms with E-state index in [0.717, 1.165) is 16.4 Å². The van der Waals surface area contributed by atoms with Crippen LogP contribution in [0.25, 0.3) is 0 Å². The average molecular weight is 244 g/mol. The first-order valence-corrected chi connectivity index (χ1v) is 6.31. The first-order chi connectivity index (χ1) is 8.38. The Labute approximate surface area is 104 Å². The van der Waals surface area contributed by atoms with Crippen LogP contribution in [-0.2, 0) is 0 Å². The monoisotopic (exact) mass is 244 g/mol. The normalized spacial score (nSPS) is 10.6. The molecule has 1 aromatic heterocycles. The first kappa shape index (κ1) is 11.6. The number of hydrogen-bond acceptors (Lipinski definition) is 5. The fraction of sp³-hybridized carbons (Fsp3) is 0.0833. The Kier molecular flexibility index (Phi) is 4.10. The maximum Gasteiger partial charge on any atom is 0.187 e. The van der Waals surface area contributed by atoms with Gasteiger partial charge in [0.15, 0.2) is 5.16 Å². The van der Waals surface area contributed by atoms with E-state index in [1.54, 1.807) is 18.6 Å². The largest absolute Gasteiger partial charge is 0.279 e. The molecule has 1 N–H and O–H groups in total. The van der Waals surface area contributed by atoms with Crippen molar-refractivity contribution >= 4 is 23.7 Å². The Hall–Kier alpha value is -1.88. The lowest BCUT2D eigenvalue weighted by Crippen LogP contribution is -1.92. The number of benzene rings is 1. The molecular weight excluding hydrogens is 232 g/mol. The molecule has 0 aliphatic heterocycles. The Morgan fingerprint density at radius 2 is 1.88 bits per heavy atom. The molecule has 0 saturated carbocycles. The van der Waals surface area contributed by atoms with Gasteiger partial charge in [-0.1, -0.05) is 30.0 Å². The van der Waals surface area contributed by atoms with E-state index in [9.17, 15) is 0 Å². The van der Waals surface area contributed by atoms with Gasteiger partial charge in [0.1, 0.15) is 0 Å². The zero-order chi connectivity index (χ0) is 11.9. The lowest BCUT2D eigenvalue weighted by Gasteiger charge is -1.98. The maximum atomic E-state index is 4.16. The summed E-state index contributed by atoms with van der Waals surface area (Å²) in [4.78, 5) is 8.31. The zero-order valence-corrected chi connectivity index (χ0v) is 10.2. The molecule has 2 rings (SSSR count). The summed E-state index contributed by atoms with van der Waals surface area (Å²) >= 11 is 1.52. The minimum atomic E-state index is 0.762. The number of hydrogen-bond donors (Lipinski definition) is 1. The van der Waals surface area contributed by atoms with Crippen molar-refractivity contribution in [2.24, 2.45) is 5.10 Å². The number of rotatable bonds is 4. The quantitative estimate of drug-likeness (QED) is 0.389. The second-order valence-electron chi connectivity index (χ2n) is 3.24. The SMILES string of the molecule is CSc1ncc(/C=N/Nc2ccccc2)cn1. The summed E-state index contributed by atoms with van der Waals surface area (Å²) in [6.45, 7) is 0. The summed E-state index contributed by atoms with van der Waals surface area (Å²) < 4.78 is 0. The molecule has 17 heavy (non-hydrogen) atoms. The Balaban J connectivity index is 1.96. The fourth-order valence-corrected chi connectivity index (χ4v) is 1.51. The standard InChI is InChI=1S/C12H12N4S/c1-17-12-13-7-10(8-14-12)9-15-16-11-5-3-2-4-6-11/h2-9,16H,1H3/b15-9+. The fourth-order valence-electron chi connectivity index (χ4n) is 1.19. The van der Waals surface area contributed by atoms with Gasteiger partial charge in [-0.25, -0.2) is 9.97 Å². The van der Waals surface area contributed by atoms with Crippen LogP contribution in [0.4, 0.5) is 5.69 Å². The number of para-hydroxylation sites is 1. The predicted octanol–water partition coefficient (Wildman–Crippen LogP) is 2.64. The molecule has 5 heteroatoms. The van der Waals surface area contributed by atoms with Gasteiger partial charge in [-0.2, -0.15) is 5.10 Å².